The first-order valence-electron chi connectivity index (χ1n) is 7.60. The molecule has 2 N–H and O–H groups in total. The summed E-state index contributed by atoms with van der Waals surface area (Å²) in [6, 6.07) is 4.12. The molecule has 3 nitrogen and oxygen atoms in total. The summed E-state index contributed by atoms with van der Waals surface area (Å²) in [5, 5.41) is 0. The molecular formula is C17H24N2O. The number of aryl methyl sites for hydroxylation is 1. The molecule has 0 bridgehead atoms. The summed E-state index contributed by atoms with van der Waals surface area (Å²) in [7, 11) is 0. The molecular weight excluding hydrogens is 248 g/mol. The molecule has 0 spiro atoms. The van der Waals surface area contributed by atoms with Crippen LogP contribution in [0.25, 0.3) is 0 Å². The van der Waals surface area contributed by atoms with Crippen LogP contribution in [-0.2, 0) is 11.2 Å². The van der Waals surface area contributed by atoms with E-state index in [2.05, 4.69) is 19.9 Å². The number of carbonyl (C=O) groups excluding carboxylic acids is 1. The smallest absolute Gasteiger partial charge is 0.230 e. The van der Waals surface area contributed by atoms with Crippen molar-refractivity contribution in [2.75, 3.05) is 17.2 Å². The van der Waals surface area contributed by atoms with Crippen LogP contribution in [0.5, 0.6) is 0 Å². The average Bonchev–Trinajstić information content (AvgIpc) is 2.92. The number of nitrogen functional groups attached to an aromatic ring is 1. The topological polar surface area (TPSA) is 46.3 Å². The lowest BCUT2D eigenvalue weighted by molar-refractivity contribution is -0.124. The second-order valence-electron chi connectivity index (χ2n) is 7.01. The van der Waals surface area contributed by atoms with Gasteiger partial charge in [-0.2, -0.15) is 0 Å². The van der Waals surface area contributed by atoms with Crippen LogP contribution < -0.4 is 10.6 Å². The molecule has 1 fully saturated rings. The highest BCUT2D eigenvalue weighted by atomic mass is 16.2. The predicted octanol–water partition coefficient (Wildman–Crippen LogP) is 3.29. The van der Waals surface area contributed by atoms with Gasteiger partial charge in [-0.15, -0.1) is 0 Å². The Hall–Kier alpha value is -1.51. The Labute approximate surface area is 121 Å². The van der Waals surface area contributed by atoms with Gasteiger partial charge in [0.15, 0.2) is 0 Å². The predicted molar refractivity (Wildman–Crippen MR) is 82.8 cm³/mol. The SMILES string of the molecule is Cc1cc2c(cc1N)N(C(=O)C1CCCC1(C)C)CC2. The number of nitrogens with zero attached hydrogens (tertiary/aromatic N) is 1. The second-order valence-corrected chi connectivity index (χ2v) is 7.01. The van der Waals surface area contributed by atoms with E-state index in [1.807, 2.05) is 17.9 Å². The normalized spacial score (nSPS) is 23.9. The van der Waals surface area contributed by atoms with E-state index in [1.165, 1.54) is 12.0 Å². The molecule has 3 heteroatoms. The van der Waals surface area contributed by atoms with E-state index in [1.54, 1.807) is 0 Å². The Balaban J connectivity index is 1.91. The van der Waals surface area contributed by atoms with Crippen LogP contribution in [0.2, 0.25) is 0 Å². The number of rotatable bonds is 1. The number of amides is 1. The van der Waals surface area contributed by atoms with Gasteiger partial charge in [0.05, 0.1) is 0 Å². The summed E-state index contributed by atoms with van der Waals surface area (Å²) in [5.74, 6) is 0.463. The Morgan fingerprint density at radius 3 is 2.80 bits per heavy atom. The van der Waals surface area contributed by atoms with Gasteiger partial charge in [-0.05, 0) is 48.8 Å². The van der Waals surface area contributed by atoms with E-state index in [0.717, 1.165) is 42.7 Å². The van der Waals surface area contributed by atoms with Crippen molar-refractivity contribution in [2.45, 2.75) is 46.5 Å². The van der Waals surface area contributed by atoms with E-state index in [0.29, 0.717) is 5.91 Å². The summed E-state index contributed by atoms with van der Waals surface area (Å²) < 4.78 is 0. The van der Waals surface area contributed by atoms with Crippen molar-refractivity contribution in [1.29, 1.82) is 0 Å². The minimum atomic E-state index is 0.135. The Morgan fingerprint density at radius 2 is 2.15 bits per heavy atom. The molecule has 1 aliphatic carbocycles. The summed E-state index contributed by atoms with van der Waals surface area (Å²) in [6.07, 6.45) is 4.30. The van der Waals surface area contributed by atoms with Crippen LogP contribution in [0, 0.1) is 18.3 Å². The van der Waals surface area contributed by atoms with Crippen molar-refractivity contribution >= 4 is 17.3 Å². The molecule has 1 aromatic rings. The van der Waals surface area contributed by atoms with Crippen LogP contribution in [0.15, 0.2) is 12.1 Å². The highest BCUT2D eigenvalue weighted by Gasteiger charge is 2.42. The zero-order chi connectivity index (χ0) is 14.5. The van der Waals surface area contributed by atoms with Crippen molar-refractivity contribution < 1.29 is 4.79 Å². The van der Waals surface area contributed by atoms with Gasteiger partial charge in [-0.3, -0.25) is 4.79 Å². The molecule has 0 radical (unpaired) electrons. The standard InChI is InChI=1S/C17H24N2O/c1-11-9-12-6-8-19(15(12)10-14(11)18)16(20)13-5-4-7-17(13,2)3/h9-10,13H,4-8,18H2,1-3H3. The van der Waals surface area contributed by atoms with Crippen LogP contribution in [0.3, 0.4) is 0 Å². The number of benzene rings is 1. The van der Waals surface area contributed by atoms with Crippen LogP contribution >= 0.6 is 0 Å². The summed E-state index contributed by atoms with van der Waals surface area (Å²) in [6.45, 7) is 7.29. The zero-order valence-electron chi connectivity index (χ0n) is 12.7. The monoisotopic (exact) mass is 272 g/mol. The third-order valence-corrected chi connectivity index (χ3v) is 5.18. The highest BCUT2D eigenvalue weighted by molar-refractivity contribution is 5.98. The lowest BCUT2D eigenvalue weighted by Gasteiger charge is -2.30. The molecule has 1 heterocycles. The van der Waals surface area contributed by atoms with Crippen molar-refractivity contribution in [3.05, 3.63) is 23.3 Å². The number of hydrogen-bond acceptors (Lipinski definition) is 2. The second kappa shape index (κ2) is 4.51. The number of nitrogens with two attached hydrogens (primary N) is 1. The Kier molecular flexibility index (Phi) is 3.03. The minimum absolute atomic E-state index is 0.135. The van der Waals surface area contributed by atoms with Gasteiger partial charge >= 0.3 is 0 Å². The van der Waals surface area contributed by atoms with Gasteiger partial charge in [0.2, 0.25) is 5.91 Å². The Morgan fingerprint density at radius 1 is 1.40 bits per heavy atom. The van der Waals surface area contributed by atoms with Crippen LogP contribution in [0.4, 0.5) is 11.4 Å². The maximum absolute atomic E-state index is 12.9. The van der Waals surface area contributed by atoms with Crippen molar-refractivity contribution in [3.63, 3.8) is 0 Å². The van der Waals surface area contributed by atoms with E-state index in [4.69, 9.17) is 5.73 Å². The van der Waals surface area contributed by atoms with Crippen LogP contribution in [-0.4, -0.2) is 12.5 Å². The molecule has 108 valence electrons. The van der Waals surface area contributed by atoms with Crippen LogP contribution in [0.1, 0.15) is 44.2 Å². The first-order chi connectivity index (χ1) is 9.40. The third kappa shape index (κ3) is 2.00. The molecule has 20 heavy (non-hydrogen) atoms. The molecule has 1 atom stereocenters. The first-order valence-corrected chi connectivity index (χ1v) is 7.60. The van der Waals surface area contributed by atoms with Gasteiger partial charge in [-0.1, -0.05) is 26.3 Å². The number of carbonyl (C=O) groups is 1. The number of hydrogen-bond donors (Lipinski definition) is 1. The van der Waals surface area contributed by atoms with Crippen molar-refractivity contribution in [3.8, 4) is 0 Å². The maximum Gasteiger partial charge on any atom is 0.230 e. The average molecular weight is 272 g/mol. The number of fused-ring (bicyclic) bond motifs is 1. The summed E-state index contributed by atoms with van der Waals surface area (Å²) in [5.41, 5.74) is 10.4. The van der Waals surface area contributed by atoms with E-state index in [9.17, 15) is 4.79 Å². The van der Waals surface area contributed by atoms with Crippen molar-refractivity contribution in [1.82, 2.24) is 0 Å². The Bertz CT molecular complexity index is 562. The minimum Gasteiger partial charge on any atom is -0.398 e. The summed E-state index contributed by atoms with van der Waals surface area (Å²) in [4.78, 5) is 14.9. The van der Waals surface area contributed by atoms with E-state index >= 15 is 0 Å². The first kappa shape index (κ1) is 13.5. The molecule has 0 aromatic heterocycles. The molecule has 1 amide bonds. The molecule has 3 rings (SSSR count). The van der Waals surface area contributed by atoms with E-state index < -0.39 is 0 Å². The molecule has 1 saturated carbocycles. The molecule has 2 aliphatic rings. The fourth-order valence-corrected chi connectivity index (χ4v) is 3.78. The van der Waals surface area contributed by atoms with Gasteiger partial charge in [0.1, 0.15) is 0 Å². The van der Waals surface area contributed by atoms with E-state index in [-0.39, 0.29) is 11.3 Å². The highest BCUT2D eigenvalue weighted by Crippen LogP contribution is 2.45. The fraction of sp³-hybridized carbons (Fsp3) is 0.588. The lowest BCUT2D eigenvalue weighted by atomic mass is 9.81. The molecule has 1 unspecified atom stereocenters. The third-order valence-electron chi connectivity index (χ3n) is 5.18. The van der Waals surface area contributed by atoms with Gasteiger partial charge in [-0.25, -0.2) is 0 Å². The largest absolute Gasteiger partial charge is 0.398 e. The fourth-order valence-electron chi connectivity index (χ4n) is 3.78. The number of anilines is 2. The van der Waals surface area contributed by atoms with Gasteiger partial charge in [0, 0.05) is 23.8 Å². The molecule has 0 saturated heterocycles. The molecule has 1 aliphatic heterocycles. The quantitative estimate of drug-likeness (QED) is 0.797. The molecule has 1 aromatic carbocycles. The van der Waals surface area contributed by atoms with Gasteiger partial charge in [0.25, 0.3) is 0 Å². The van der Waals surface area contributed by atoms with Gasteiger partial charge < -0.3 is 10.6 Å². The van der Waals surface area contributed by atoms with Crippen molar-refractivity contribution in [2.24, 2.45) is 11.3 Å². The maximum atomic E-state index is 12.9. The zero-order valence-corrected chi connectivity index (χ0v) is 12.7. The lowest BCUT2D eigenvalue weighted by Crippen LogP contribution is -2.39. The summed E-state index contributed by atoms with van der Waals surface area (Å²) >= 11 is 0.